The first kappa shape index (κ1) is 19.2. The molecule has 1 aliphatic rings. The molecule has 29 heavy (non-hydrogen) atoms. The predicted molar refractivity (Wildman–Crippen MR) is 114 cm³/mol. The predicted octanol–water partition coefficient (Wildman–Crippen LogP) is 3.28. The number of aromatic amines is 1. The van der Waals surface area contributed by atoms with Crippen molar-refractivity contribution in [1.82, 2.24) is 14.3 Å². The smallest absolute Gasteiger partial charge is 0.347 e. The summed E-state index contributed by atoms with van der Waals surface area (Å²) in [7, 11) is 1.45. The average molecular weight is 455 g/mol. The summed E-state index contributed by atoms with van der Waals surface area (Å²) in [6.07, 6.45) is 3.30. The molecular weight excluding hydrogens is 436 g/mol. The number of nitrogens with one attached hydrogen (secondary N) is 1. The summed E-state index contributed by atoms with van der Waals surface area (Å²) in [5.41, 5.74) is 2.64. The SMILES string of the molecule is C/C(=N\O[C@H]1C=C[C@@H](n2[nH]c(=O)n(C)c2=O)c2ccccc21)c1ccc(Br)cc1. The lowest BCUT2D eigenvalue weighted by atomic mass is 9.91. The number of oxime groups is 1. The minimum atomic E-state index is -0.450. The molecule has 1 aromatic heterocycles. The molecule has 3 aromatic rings. The van der Waals surface area contributed by atoms with Gasteiger partial charge >= 0.3 is 11.4 Å². The third-order valence-electron chi connectivity index (χ3n) is 4.95. The molecule has 0 radical (unpaired) electrons. The van der Waals surface area contributed by atoms with E-state index in [9.17, 15) is 9.59 Å². The largest absolute Gasteiger partial charge is 0.383 e. The molecule has 0 spiro atoms. The molecule has 4 rings (SSSR count). The van der Waals surface area contributed by atoms with Gasteiger partial charge < -0.3 is 4.84 Å². The zero-order valence-electron chi connectivity index (χ0n) is 15.9. The van der Waals surface area contributed by atoms with E-state index in [0.717, 1.165) is 31.4 Å². The minimum Gasteiger partial charge on any atom is -0.383 e. The molecule has 1 aliphatic carbocycles. The first-order valence-corrected chi connectivity index (χ1v) is 9.86. The number of allylic oxidation sites excluding steroid dienone is 1. The van der Waals surface area contributed by atoms with Gasteiger partial charge in [0, 0.05) is 17.1 Å². The molecule has 1 N–H and O–H groups in total. The van der Waals surface area contributed by atoms with Crippen LogP contribution in [0, 0.1) is 0 Å². The maximum Gasteiger partial charge on any atom is 0.347 e. The maximum absolute atomic E-state index is 12.4. The second-order valence-electron chi connectivity index (χ2n) is 6.80. The molecule has 0 saturated carbocycles. The van der Waals surface area contributed by atoms with Crippen LogP contribution in [0.15, 0.2) is 79.9 Å². The van der Waals surface area contributed by atoms with Crippen LogP contribution in [0.4, 0.5) is 0 Å². The summed E-state index contributed by atoms with van der Waals surface area (Å²) in [5.74, 6) is 0. The van der Waals surface area contributed by atoms with Crippen molar-refractivity contribution in [2.75, 3.05) is 0 Å². The number of benzene rings is 2. The van der Waals surface area contributed by atoms with Gasteiger partial charge in [0.05, 0.1) is 11.8 Å². The topological polar surface area (TPSA) is 81.4 Å². The zero-order chi connectivity index (χ0) is 20.5. The quantitative estimate of drug-likeness (QED) is 0.373. The highest BCUT2D eigenvalue weighted by atomic mass is 79.9. The molecule has 0 amide bonds. The number of halogens is 1. The molecule has 0 fully saturated rings. The first-order chi connectivity index (χ1) is 14.0. The molecule has 8 heteroatoms. The first-order valence-electron chi connectivity index (χ1n) is 9.07. The van der Waals surface area contributed by atoms with E-state index >= 15 is 0 Å². The number of nitrogens with zero attached hydrogens (tertiary/aromatic N) is 3. The standard InChI is InChI=1S/C21H19BrN4O3/c1-13(14-7-9-15(22)10-8-14)24-29-19-12-11-18(16-5-3-4-6-17(16)19)26-21(28)25(2)20(27)23-26/h3-12,18-19H,1-2H3,(H,23,27)/b24-13+/t18-,19+/m1/s1. The van der Waals surface area contributed by atoms with Gasteiger partial charge in [0.2, 0.25) is 0 Å². The highest BCUT2D eigenvalue weighted by Gasteiger charge is 2.27. The second kappa shape index (κ2) is 7.71. The van der Waals surface area contributed by atoms with Crippen molar-refractivity contribution < 1.29 is 4.84 Å². The molecule has 2 aromatic carbocycles. The van der Waals surface area contributed by atoms with E-state index in [4.69, 9.17) is 4.84 Å². The van der Waals surface area contributed by atoms with Crippen LogP contribution in [-0.4, -0.2) is 20.1 Å². The van der Waals surface area contributed by atoms with E-state index in [2.05, 4.69) is 26.2 Å². The van der Waals surface area contributed by atoms with Crippen molar-refractivity contribution in [3.05, 3.63) is 103 Å². The Hall–Kier alpha value is -3.13. The molecule has 148 valence electrons. The summed E-state index contributed by atoms with van der Waals surface area (Å²) in [6.45, 7) is 1.89. The summed E-state index contributed by atoms with van der Waals surface area (Å²) in [6, 6.07) is 15.1. The Morgan fingerprint density at radius 1 is 1.07 bits per heavy atom. The Morgan fingerprint density at radius 2 is 1.76 bits per heavy atom. The van der Waals surface area contributed by atoms with Gasteiger partial charge in [-0.25, -0.2) is 23.9 Å². The maximum atomic E-state index is 12.4. The molecule has 0 aliphatic heterocycles. The van der Waals surface area contributed by atoms with Crippen LogP contribution >= 0.6 is 15.9 Å². The lowest BCUT2D eigenvalue weighted by Crippen LogP contribution is -2.29. The van der Waals surface area contributed by atoms with Crippen LogP contribution in [0.5, 0.6) is 0 Å². The average Bonchev–Trinajstić information content (AvgIpc) is 2.99. The van der Waals surface area contributed by atoms with Gasteiger partial charge in [-0.3, -0.25) is 0 Å². The third kappa shape index (κ3) is 3.63. The molecule has 0 bridgehead atoms. The summed E-state index contributed by atoms with van der Waals surface area (Å²) in [5, 5.41) is 6.90. The normalized spacial score (nSPS) is 18.5. The summed E-state index contributed by atoms with van der Waals surface area (Å²) in [4.78, 5) is 30.0. The van der Waals surface area contributed by atoms with Crippen LogP contribution in [0.1, 0.15) is 35.8 Å². The summed E-state index contributed by atoms with van der Waals surface area (Å²) >= 11 is 3.42. The number of hydrogen-bond acceptors (Lipinski definition) is 4. The number of H-pyrrole nitrogens is 1. The minimum absolute atomic E-state index is 0.390. The van der Waals surface area contributed by atoms with Gasteiger partial charge in [-0.1, -0.05) is 63.6 Å². The number of fused-ring (bicyclic) bond motifs is 1. The Morgan fingerprint density at radius 3 is 2.41 bits per heavy atom. The second-order valence-corrected chi connectivity index (χ2v) is 7.71. The Kier molecular flexibility index (Phi) is 5.10. The highest BCUT2D eigenvalue weighted by Crippen LogP contribution is 2.34. The van der Waals surface area contributed by atoms with E-state index in [1.165, 1.54) is 11.7 Å². The van der Waals surface area contributed by atoms with Crippen LogP contribution in [0.25, 0.3) is 0 Å². The fourth-order valence-electron chi connectivity index (χ4n) is 3.31. The van der Waals surface area contributed by atoms with E-state index in [1.807, 2.05) is 67.6 Å². The molecule has 0 saturated heterocycles. The van der Waals surface area contributed by atoms with Crippen molar-refractivity contribution >= 4 is 21.6 Å². The Bertz CT molecular complexity index is 1220. The van der Waals surface area contributed by atoms with E-state index < -0.39 is 17.4 Å². The van der Waals surface area contributed by atoms with Gasteiger partial charge in [-0.2, -0.15) is 0 Å². The van der Waals surface area contributed by atoms with Gasteiger partial charge in [0.1, 0.15) is 0 Å². The van der Waals surface area contributed by atoms with Gasteiger partial charge in [0.15, 0.2) is 6.10 Å². The third-order valence-corrected chi connectivity index (χ3v) is 5.48. The fraction of sp³-hybridized carbons (Fsp3) is 0.190. The van der Waals surface area contributed by atoms with Gasteiger partial charge in [-0.05, 0) is 36.3 Å². The Labute approximate surface area is 175 Å². The highest BCUT2D eigenvalue weighted by molar-refractivity contribution is 9.10. The monoisotopic (exact) mass is 454 g/mol. The fourth-order valence-corrected chi connectivity index (χ4v) is 3.58. The molecular formula is C21H19BrN4O3. The van der Waals surface area contributed by atoms with Crippen LogP contribution in [-0.2, 0) is 11.9 Å². The molecule has 1 heterocycles. The van der Waals surface area contributed by atoms with Crippen molar-refractivity contribution in [3.8, 4) is 0 Å². The van der Waals surface area contributed by atoms with Crippen LogP contribution < -0.4 is 11.4 Å². The van der Waals surface area contributed by atoms with Crippen molar-refractivity contribution in [2.24, 2.45) is 12.2 Å². The van der Waals surface area contributed by atoms with Crippen molar-refractivity contribution in [1.29, 1.82) is 0 Å². The van der Waals surface area contributed by atoms with Crippen molar-refractivity contribution in [2.45, 2.75) is 19.1 Å². The molecule has 7 nitrogen and oxygen atoms in total. The summed E-state index contributed by atoms with van der Waals surface area (Å²) < 4.78 is 3.37. The molecule has 0 unspecified atom stereocenters. The van der Waals surface area contributed by atoms with E-state index in [0.29, 0.717) is 0 Å². The van der Waals surface area contributed by atoms with Crippen molar-refractivity contribution in [3.63, 3.8) is 0 Å². The zero-order valence-corrected chi connectivity index (χ0v) is 17.5. The lowest BCUT2D eigenvalue weighted by molar-refractivity contribution is 0.0899. The van der Waals surface area contributed by atoms with Crippen LogP contribution in [0.3, 0.4) is 0 Å². The van der Waals surface area contributed by atoms with E-state index in [-0.39, 0.29) is 6.10 Å². The van der Waals surface area contributed by atoms with Gasteiger partial charge in [-0.15, -0.1) is 0 Å². The lowest BCUT2D eigenvalue weighted by Gasteiger charge is -2.25. The Balaban J connectivity index is 1.65. The molecule has 2 atom stereocenters. The number of rotatable bonds is 4. The van der Waals surface area contributed by atoms with Gasteiger partial charge in [0.25, 0.3) is 0 Å². The van der Waals surface area contributed by atoms with Crippen LogP contribution in [0.2, 0.25) is 0 Å². The number of aromatic nitrogens is 3. The number of hydrogen-bond donors (Lipinski definition) is 1. The van der Waals surface area contributed by atoms with E-state index in [1.54, 1.807) is 0 Å².